The molecule has 0 N–H and O–H groups in total. The fourth-order valence-electron chi connectivity index (χ4n) is 1.25. The van der Waals surface area contributed by atoms with Crippen LogP contribution in [-0.4, -0.2) is 12.0 Å². The summed E-state index contributed by atoms with van der Waals surface area (Å²) in [6.45, 7) is 4.05. The van der Waals surface area contributed by atoms with Gasteiger partial charge in [0.05, 0.1) is 6.10 Å². The number of allylic oxidation sites excluding steroid dienone is 1. The van der Waals surface area contributed by atoms with E-state index >= 15 is 0 Å². The molecule has 1 nitrogen and oxygen atoms in total. The number of hydrogen-bond donors (Lipinski definition) is 0. The van der Waals surface area contributed by atoms with E-state index in [1.165, 1.54) is 0 Å². The van der Waals surface area contributed by atoms with Crippen LogP contribution in [0.25, 0.3) is 6.08 Å². The number of halogens is 1. The quantitative estimate of drug-likeness (QED) is 0.684. The SMILES string of the molecule is CC(C)Oc1ccccc1C=CCCCl. The summed E-state index contributed by atoms with van der Waals surface area (Å²) >= 11 is 5.61. The fourth-order valence-corrected chi connectivity index (χ4v) is 1.38. The molecule has 0 bridgehead atoms. The summed E-state index contributed by atoms with van der Waals surface area (Å²) in [6, 6.07) is 8.02. The number of alkyl halides is 1. The zero-order valence-corrected chi connectivity index (χ0v) is 10.00. The van der Waals surface area contributed by atoms with Crippen molar-refractivity contribution < 1.29 is 4.74 Å². The number of benzene rings is 1. The number of para-hydroxylation sites is 1. The molecule has 0 saturated heterocycles. The van der Waals surface area contributed by atoms with Crippen LogP contribution in [-0.2, 0) is 0 Å². The van der Waals surface area contributed by atoms with Crippen LogP contribution < -0.4 is 4.74 Å². The van der Waals surface area contributed by atoms with E-state index in [9.17, 15) is 0 Å². The molecule has 0 aliphatic carbocycles. The maximum absolute atomic E-state index is 5.69. The molecule has 0 amide bonds. The van der Waals surface area contributed by atoms with Crippen LogP contribution in [0.5, 0.6) is 5.75 Å². The number of ether oxygens (including phenoxy) is 1. The third-order valence-corrected chi connectivity index (χ3v) is 2.07. The van der Waals surface area contributed by atoms with Gasteiger partial charge in [-0.25, -0.2) is 0 Å². The van der Waals surface area contributed by atoms with E-state index in [0.29, 0.717) is 5.88 Å². The Morgan fingerprint density at radius 2 is 2.07 bits per heavy atom. The predicted molar refractivity (Wildman–Crippen MR) is 66.6 cm³/mol. The van der Waals surface area contributed by atoms with Gasteiger partial charge in [0, 0.05) is 11.4 Å². The Morgan fingerprint density at radius 1 is 1.33 bits per heavy atom. The largest absolute Gasteiger partial charge is 0.490 e. The predicted octanol–water partition coefficient (Wildman–Crippen LogP) is 4.12. The fraction of sp³-hybridized carbons (Fsp3) is 0.385. The van der Waals surface area contributed by atoms with Gasteiger partial charge in [-0.3, -0.25) is 0 Å². The lowest BCUT2D eigenvalue weighted by Crippen LogP contribution is -2.06. The summed E-state index contributed by atoms with van der Waals surface area (Å²) in [5.41, 5.74) is 1.11. The van der Waals surface area contributed by atoms with Gasteiger partial charge in [0.1, 0.15) is 5.75 Å². The second-order valence-corrected chi connectivity index (χ2v) is 3.96. The van der Waals surface area contributed by atoms with E-state index in [4.69, 9.17) is 16.3 Å². The molecule has 0 aliphatic heterocycles. The van der Waals surface area contributed by atoms with Crippen LogP contribution in [0.4, 0.5) is 0 Å². The average molecular weight is 225 g/mol. The van der Waals surface area contributed by atoms with Crippen molar-refractivity contribution >= 4 is 17.7 Å². The lowest BCUT2D eigenvalue weighted by atomic mass is 10.2. The molecular formula is C13H17ClO. The molecule has 0 saturated carbocycles. The number of hydrogen-bond acceptors (Lipinski definition) is 1. The molecule has 0 heterocycles. The first-order valence-electron chi connectivity index (χ1n) is 5.22. The summed E-state index contributed by atoms with van der Waals surface area (Å²) < 4.78 is 5.69. The standard InChI is InChI=1S/C13H17ClO/c1-11(2)15-13-9-4-3-7-12(13)8-5-6-10-14/h3-5,7-9,11H,6,10H2,1-2H3. The lowest BCUT2D eigenvalue weighted by Gasteiger charge is -2.11. The highest BCUT2D eigenvalue weighted by Crippen LogP contribution is 2.20. The highest BCUT2D eigenvalue weighted by molar-refractivity contribution is 6.17. The van der Waals surface area contributed by atoms with Crippen LogP contribution >= 0.6 is 11.6 Å². The normalized spacial score (nSPS) is 11.2. The second kappa shape index (κ2) is 6.52. The summed E-state index contributed by atoms with van der Waals surface area (Å²) in [4.78, 5) is 0. The molecule has 0 aliphatic rings. The maximum atomic E-state index is 5.69. The van der Waals surface area contributed by atoms with Crippen LogP contribution in [0.15, 0.2) is 30.3 Å². The van der Waals surface area contributed by atoms with Crippen LogP contribution in [0.1, 0.15) is 25.8 Å². The first kappa shape index (κ1) is 12.1. The second-order valence-electron chi connectivity index (χ2n) is 3.58. The van der Waals surface area contributed by atoms with E-state index in [1.807, 2.05) is 38.1 Å². The highest BCUT2D eigenvalue weighted by atomic mass is 35.5. The molecule has 15 heavy (non-hydrogen) atoms. The van der Waals surface area contributed by atoms with Gasteiger partial charge >= 0.3 is 0 Å². The Hall–Kier alpha value is -0.950. The molecular weight excluding hydrogens is 208 g/mol. The molecule has 0 radical (unpaired) electrons. The molecule has 2 heteroatoms. The van der Waals surface area contributed by atoms with Crippen molar-refractivity contribution in [3.63, 3.8) is 0 Å². The minimum absolute atomic E-state index is 0.201. The zero-order chi connectivity index (χ0) is 11.1. The molecule has 1 rings (SSSR count). The summed E-state index contributed by atoms with van der Waals surface area (Å²) in [5.74, 6) is 1.59. The molecule has 0 spiro atoms. The van der Waals surface area contributed by atoms with Crippen LogP contribution in [0.2, 0.25) is 0 Å². The molecule has 0 fully saturated rings. The van der Waals surface area contributed by atoms with Crippen molar-refractivity contribution in [1.29, 1.82) is 0 Å². The minimum atomic E-state index is 0.201. The van der Waals surface area contributed by atoms with Crippen molar-refractivity contribution in [2.24, 2.45) is 0 Å². The summed E-state index contributed by atoms with van der Waals surface area (Å²) in [7, 11) is 0. The van der Waals surface area contributed by atoms with E-state index in [1.54, 1.807) is 0 Å². The Bertz CT molecular complexity index is 318. The van der Waals surface area contributed by atoms with Crippen molar-refractivity contribution in [2.45, 2.75) is 26.4 Å². The van der Waals surface area contributed by atoms with Crippen molar-refractivity contribution in [3.8, 4) is 5.75 Å². The Labute approximate surface area is 96.7 Å². The van der Waals surface area contributed by atoms with Gasteiger partial charge in [0.2, 0.25) is 0 Å². The van der Waals surface area contributed by atoms with E-state index in [-0.39, 0.29) is 6.10 Å². The van der Waals surface area contributed by atoms with Crippen LogP contribution in [0, 0.1) is 0 Å². The molecule has 1 aromatic rings. The first-order chi connectivity index (χ1) is 7.24. The van der Waals surface area contributed by atoms with Gasteiger partial charge < -0.3 is 4.74 Å². The molecule has 0 atom stereocenters. The van der Waals surface area contributed by atoms with Gasteiger partial charge in [0.25, 0.3) is 0 Å². The van der Waals surface area contributed by atoms with Gasteiger partial charge in [-0.1, -0.05) is 30.4 Å². The Morgan fingerprint density at radius 3 is 2.73 bits per heavy atom. The van der Waals surface area contributed by atoms with E-state index in [2.05, 4.69) is 12.2 Å². The van der Waals surface area contributed by atoms with Gasteiger partial charge in [-0.05, 0) is 26.3 Å². The third-order valence-electron chi connectivity index (χ3n) is 1.85. The number of rotatable bonds is 5. The first-order valence-corrected chi connectivity index (χ1v) is 5.75. The van der Waals surface area contributed by atoms with E-state index < -0.39 is 0 Å². The Kier molecular flexibility index (Phi) is 5.27. The smallest absolute Gasteiger partial charge is 0.126 e. The highest BCUT2D eigenvalue weighted by Gasteiger charge is 2.01. The van der Waals surface area contributed by atoms with Gasteiger partial charge in [-0.15, -0.1) is 11.6 Å². The Balaban J connectivity index is 2.76. The maximum Gasteiger partial charge on any atom is 0.126 e. The molecule has 0 unspecified atom stereocenters. The summed E-state index contributed by atoms with van der Waals surface area (Å²) in [6.07, 6.45) is 5.21. The van der Waals surface area contributed by atoms with Crippen molar-refractivity contribution in [3.05, 3.63) is 35.9 Å². The zero-order valence-electron chi connectivity index (χ0n) is 9.24. The average Bonchev–Trinajstić information content (AvgIpc) is 2.20. The minimum Gasteiger partial charge on any atom is -0.490 e. The monoisotopic (exact) mass is 224 g/mol. The van der Waals surface area contributed by atoms with E-state index in [0.717, 1.165) is 17.7 Å². The topological polar surface area (TPSA) is 9.23 Å². The summed E-state index contributed by atoms with van der Waals surface area (Å²) in [5, 5.41) is 0. The molecule has 82 valence electrons. The molecule has 1 aromatic carbocycles. The third kappa shape index (κ3) is 4.39. The molecule has 0 aromatic heterocycles. The lowest BCUT2D eigenvalue weighted by molar-refractivity contribution is 0.242. The van der Waals surface area contributed by atoms with Gasteiger partial charge in [0.15, 0.2) is 0 Å². The van der Waals surface area contributed by atoms with Crippen molar-refractivity contribution in [2.75, 3.05) is 5.88 Å². The van der Waals surface area contributed by atoms with Crippen LogP contribution in [0.3, 0.4) is 0 Å². The van der Waals surface area contributed by atoms with Crippen molar-refractivity contribution in [1.82, 2.24) is 0 Å². The van der Waals surface area contributed by atoms with Gasteiger partial charge in [-0.2, -0.15) is 0 Å².